The van der Waals surface area contributed by atoms with Crippen LogP contribution >= 0.6 is 0 Å². The highest BCUT2D eigenvalue weighted by atomic mass is 19.1. The van der Waals surface area contributed by atoms with Crippen molar-refractivity contribution in [2.45, 2.75) is 19.5 Å². The van der Waals surface area contributed by atoms with Gasteiger partial charge in [-0.2, -0.15) is 0 Å². The van der Waals surface area contributed by atoms with E-state index in [1.54, 1.807) is 73.3 Å². The molecule has 1 atom stereocenters. The molecule has 0 saturated carbocycles. The van der Waals surface area contributed by atoms with Crippen molar-refractivity contribution in [1.82, 2.24) is 14.7 Å². The number of anilines is 1. The predicted molar refractivity (Wildman–Crippen MR) is 133 cm³/mol. The van der Waals surface area contributed by atoms with Gasteiger partial charge in [-0.25, -0.2) is 9.07 Å². The van der Waals surface area contributed by atoms with E-state index >= 15 is 0 Å². The molecule has 0 bridgehead atoms. The number of carbonyl (C=O) groups excluding carboxylic acids is 2. The van der Waals surface area contributed by atoms with Gasteiger partial charge in [0.2, 0.25) is 5.91 Å². The van der Waals surface area contributed by atoms with Gasteiger partial charge in [-0.05, 0) is 49.9 Å². The molecule has 0 fully saturated rings. The van der Waals surface area contributed by atoms with E-state index in [0.717, 1.165) is 5.56 Å². The molecule has 0 radical (unpaired) electrons. The molecule has 7 nitrogen and oxygen atoms in total. The van der Waals surface area contributed by atoms with Crippen molar-refractivity contribution >= 4 is 17.4 Å². The van der Waals surface area contributed by atoms with E-state index in [0.29, 0.717) is 16.8 Å². The Morgan fingerprint density at radius 2 is 1.63 bits per heavy atom. The SMILES string of the molecule is CN[C@@H](C)C(=O)Nc1cn(-c2ccc(F)cc2)n(Cc2cccc(C(=O)c3ccccc3)c2)c1=O. The first kappa shape index (κ1) is 23.8. The maximum Gasteiger partial charge on any atom is 0.291 e. The first-order valence-electron chi connectivity index (χ1n) is 11.1. The van der Waals surface area contributed by atoms with Gasteiger partial charge in [-0.15, -0.1) is 0 Å². The van der Waals surface area contributed by atoms with E-state index in [1.165, 1.54) is 23.0 Å². The molecule has 1 aromatic heterocycles. The Balaban J connectivity index is 1.72. The third kappa shape index (κ3) is 5.28. The fourth-order valence-electron chi connectivity index (χ4n) is 3.64. The van der Waals surface area contributed by atoms with Crippen molar-refractivity contribution in [1.29, 1.82) is 0 Å². The molecule has 0 aliphatic heterocycles. The van der Waals surface area contributed by atoms with Crippen LogP contribution < -0.4 is 16.2 Å². The van der Waals surface area contributed by atoms with Crippen LogP contribution in [0.4, 0.5) is 10.1 Å². The summed E-state index contributed by atoms with van der Waals surface area (Å²) < 4.78 is 16.5. The quantitative estimate of drug-likeness (QED) is 0.384. The standard InChI is InChI=1S/C27H25FN4O3/c1-18(29-2)26(34)30-24-17-31(23-13-11-22(28)12-14-23)32(27(24)35)16-19-7-6-10-21(15-19)25(33)20-8-4-3-5-9-20/h3-15,17-18,29H,16H2,1-2H3,(H,30,34)/t18-/m0/s1. The second-order valence-corrected chi connectivity index (χ2v) is 8.12. The summed E-state index contributed by atoms with van der Waals surface area (Å²) in [4.78, 5) is 38.6. The highest BCUT2D eigenvalue weighted by molar-refractivity contribution is 6.09. The number of likely N-dealkylation sites (N-methyl/N-ethyl adjacent to an activating group) is 1. The van der Waals surface area contributed by atoms with Gasteiger partial charge in [-0.1, -0.05) is 48.5 Å². The molecule has 3 aromatic carbocycles. The Morgan fingerprint density at radius 1 is 0.943 bits per heavy atom. The zero-order valence-corrected chi connectivity index (χ0v) is 19.4. The maximum absolute atomic E-state index is 13.5. The predicted octanol–water partition coefficient (Wildman–Crippen LogP) is 3.60. The van der Waals surface area contributed by atoms with E-state index in [2.05, 4.69) is 10.6 Å². The van der Waals surface area contributed by atoms with E-state index in [4.69, 9.17) is 0 Å². The van der Waals surface area contributed by atoms with Crippen LogP contribution in [-0.2, 0) is 11.3 Å². The van der Waals surface area contributed by atoms with Gasteiger partial charge in [-0.3, -0.25) is 19.1 Å². The molecule has 0 unspecified atom stereocenters. The van der Waals surface area contributed by atoms with Gasteiger partial charge in [0.05, 0.1) is 24.5 Å². The molecule has 4 aromatic rings. The lowest BCUT2D eigenvalue weighted by atomic mass is 10.0. The molecule has 35 heavy (non-hydrogen) atoms. The minimum Gasteiger partial charge on any atom is -0.319 e. The average molecular weight is 473 g/mol. The fourth-order valence-corrected chi connectivity index (χ4v) is 3.64. The van der Waals surface area contributed by atoms with Crippen LogP contribution in [0.1, 0.15) is 28.4 Å². The summed E-state index contributed by atoms with van der Waals surface area (Å²) in [6.07, 6.45) is 1.51. The van der Waals surface area contributed by atoms with Crippen molar-refractivity contribution in [3.05, 3.63) is 118 Å². The van der Waals surface area contributed by atoms with Crippen molar-refractivity contribution in [3.63, 3.8) is 0 Å². The van der Waals surface area contributed by atoms with Crippen molar-refractivity contribution in [2.24, 2.45) is 0 Å². The maximum atomic E-state index is 13.5. The summed E-state index contributed by atoms with van der Waals surface area (Å²) in [6, 6.07) is 21.2. The van der Waals surface area contributed by atoms with Crippen LogP contribution in [0.15, 0.2) is 89.9 Å². The molecule has 1 heterocycles. The van der Waals surface area contributed by atoms with Gasteiger partial charge < -0.3 is 10.6 Å². The Hall–Kier alpha value is -4.30. The van der Waals surface area contributed by atoms with Gasteiger partial charge in [0.25, 0.3) is 5.56 Å². The van der Waals surface area contributed by atoms with Crippen LogP contribution in [0.25, 0.3) is 5.69 Å². The van der Waals surface area contributed by atoms with Gasteiger partial charge in [0.15, 0.2) is 5.78 Å². The summed E-state index contributed by atoms with van der Waals surface area (Å²) in [7, 11) is 1.65. The first-order chi connectivity index (χ1) is 16.9. The highest BCUT2D eigenvalue weighted by Gasteiger charge is 2.18. The smallest absolute Gasteiger partial charge is 0.291 e. The molecule has 2 N–H and O–H groups in total. The third-order valence-corrected chi connectivity index (χ3v) is 5.71. The lowest BCUT2D eigenvalue weighted by Gasteiger charge is -2.12. The number of benzene rings is 3. The summed E-state index contributed by atoms with van der Waals surface area (Å²) in [5.74, 6) is -0.885. The zero-order chi connectivity index (χ0) is 24.9. The van der Waals surface area contributed by atoms with Gasteiger partial charge >= 0.3 is 0 Å². The number of halogens is 1. The highest BCUT2D eigenvalue weighted by Crippen LogP contribution is 2.16. The number of rotatable bonds is 8. The molecule has 0 spiro atoms. The molecule has 8 heteroatoms. The van der Waals surface area contributed by atoms with Crippen molar-refractivity contribution in [3.8, 4) is 5.69 Å². The molecule has 1 amide bonds. The number of ketones is 1. The molecule has 0 aliphatic rings. The summed E-state index contributed by atoms with van der Waals surface area (Å²) in [5, 5.41) is 5.49. The number of carbonyl (C=O) groups is 2. The van der Waals surface area contributed by atoms with E-state index in [1.807, 2.05) is 12.1 Å². The van der Waals surface area contributed by atoms with Crippen LogP contribution in [0.2, 0.25) is 0 Å². The fraction of sp³-hybridized carbons (Fsp3) is 0.148. The van der Waals surface area contributed by atoms with Crippen LogP contribution in [0, 0.1) is 5.82 Å². The largest absolute Gasteiger partial charge is 0.319 e. The number of nitrogens with one attached hydrogen (secondary N) is 2. The Labute approximate surface area is 201 Å². The Bertz CT molecular complexity index is 1410. The summed E-state index contributed by atoms with van der Waals surface area (Å²) in [5.41, 5.74) is 2.00. The molecular formula is C27H25FN4O3. The summed E-state index contributed by atoms with van der Waals surface area (Å²) in [6.45, 7) is 1.81. The van der Waals surface area contributed by atoms with E-state index in [9.17, 15) is 18.8 Å². The monoisotopic (exact) mass is 472 g/mol. The molecule has 178 valence electrons. The first-order valence-corrected chi connectivity index (χ1v) is 11.1. The van der Waals surface area contributed by atoms with Gasteiger partial charge in [0, 0.05) is 11.1 Å². The zero-order valence-electron chi connectivity index (χ0n) is 19.4. The van der Waals surface area contributed by atoms with Gasteiger partial charge in [0.1, 0.15) is 11.5 Å². The van der Waals surface area contributed by atoms with Crippen LogP contribution in [0.3, 0.4) is 0 Å². The number of amides is 1. The average Bonchev–Trinajstić information content (AvgIpc) is 3.18. The van der Waals surface area contributed by atoms with Crippen molar-refractivity contribution in [2.75, 3.05) is 12.4 Å². The van der Waals surface area contributed by atoms with Crippen LogP contribution in [0.5, 0.6) is 0 Å². The minimum atomic E-state index is -0.502. The second-order valence-electron chi connectivity index (χ2n) is 8.12. The lowest BCUT2D eigenvalue weighted by Crippen LogP contribution is -2.36. The normalized spacial score (nSPS) is 11.7. The Kier molecular flexibility index (Phi) is 7.03. The lowest BCUT2D eigenvalue weighted by molar-refractivity contribution is -0.117. The molecule has 0 saturated heterocycles. The van der Waals surface area contributed by atoms with E-state index < -0.39 is 17.4 Å². The topological polar surface area (TPSA) is 85.1 Å². The number of aromatic nitrogens is 2. The second kappa shape index (κ2) is 10.3. The van der Waals surface area contributed by atoms with Crippen molar-refractivity contribution < 1.29 is 14.0 Å². The molecular weight excluding hydrogens is 447 g/mol. The van der Waals surface area contributed by atoms with Crippen LogP contribution in [-0.4, -0.2) is 34.1 Å². The number of hydrogen-bond acceptors (Lipinski definition) is 4. The molecule has 4 rings (SSSR count). The number of hydrogen-bond donors (Lipinski definition) is 2. The summed E-state index contributed by atoms with van der Waals surface area (Å²) >= 11 is 0. The molecule has 0 aliphatic carbocycles. The number of nitrogens with zero attached hydrogens (tertiary/aromatic N) is 2. The van der Waals surface area contributed by atoms with E-state index in [-0.39, 0.29) is 23.9 Å². The third-order valence-electron chi connectivity index (χ3n) is 5.71. The Morgan fingerprint density at radius 3 is 2.31 bits per heavy atom. The minimum absolute atomic E-state index is 0.0953.